The van der Waals surface area contributed by atoms with Crippen LogP contribution in [0.15, 0.2) is 199 Å². The molecule has 0 aliphatic carbocycles. The van der Waals surface area contributed by atoms with Crippen molar-refractivity contribution < 1.29 is 4.42 Å². The number of furan rings is 1. The first kappa shape index (κ1) is 34.3. The van der Waals surface area contributed by atoms with Crippen LogP contribution >= 0.6 is 0 Å². The minimum absolute atomic E-state index is 0.552. The summed E-state index contributed by atoms with van der Waals surface area (Å²) in [6, 6.07) is 66.9. The Balaban J connectivity index is 1.13. The first-order valence-electron chi connectivity index (χ1n) is 20.7. The standard InChI is InChI=1S/C55H32N6O/c1-4-15-34(16-5-1)50-42-27-24-33-14-12-13-23-40(33)51(42)57-55(56-50)61-46-29-39(54-59-52(35-17-6-2-7-18-35)58-53(60-54)36-19-8-3-9-20-36)25-26-41(46)43-31-45-44-28-37-21-10-11-22-38(37)30-48(44)62-49(45)32-47(43)61/h1-32H. The summed E-state index contributed by atoms with van der Waals surface area (Å²) in [5, 5.41) is 9.70. The maximum absolute atomic E-state index is 6.70. The van der Waals surface area contributed by atoms with Gasteiger partial charge < -0.3 is 4.42 Å². The van der Waals surface area contributed by atoms with E-state index in [2.05, 4.69) is 132 Å². The second kappa shape index (κ2) is 13.5. The molecule has 4 aromatic heterocycles. The van der Waals surface area contributed by atoms with Crippen LogP contribution in [-0.2, 0) is 0 Å². The molecule has 288 valence electrons. The van der Waals surface area contributed by atoms with Gasteiger partial charge in [-0.3, -0.25) is 4.57 Å². The van der Waals surface area contributed by atoms with Crippen molar-refractivity contribution in [2.45, 2.75) is 0 Å². The van der Waals surface area contributed by atoms with Crippen LogP contribution in [0.1, 0.15) is 0 Å². The normalized spacial score (nSPS) is 11.9. The van der Waals surface area contributed by atoms with E-state index in [0.29, 0.717) is 23.4 Å². The van der Waals surface area contributed by atoms with E-state index < -0.39 is 0 Å². The van der Waals surface area contributed by atoms with E-state index in [9.17, 15) is 0 Å². The molecule has 7 heteroatoms. The molecule has 0 spiro atoms. The zero-order valence-electron chi connectivity index (χ0n) is 33.1. The van der Waals surface area contributed by atoms with Gasteiger partial charge in [-0.15, -0.1) is 0 Å². The molecule has 13 rings (SSSR count). The van der Waals surface area contributed by atoms with Crippen LogP contribution in [-0.4, -0.2) is 29.5 Å². The van der Waals surface area contributed by atoms with E-state index >= 15 is 0 Å². The Morgan fingerprint density at radius 3 is 1.58 bits per heavy atom. The van der Waals surface area contributed by atoms with Crippen molar-refractivity contribution in [3.05, 3.63) is 194 Å². The van der Waals surface area contributed by atoms with E-state index in [-0.39, 0.29) is 0 Å². The first-order chi connectivity index (χ1) is 30.7. The van der Waals surface area contributed by atoms with Crippen LogP contribution in [0.4, 0.5) is 0 Å². The Bertz CT molecular complexity index is 3860. The van der Waals surface area contributed by atoms with Crippen LogP contribution in [0.5, 0.6) is 0 Å². The number of hydrogen-bond acceptors (Lipinski definition) is 6. The van der Waals surface area contributed by atoms with E-state index in [1.165, 1.54) is 5.39 Å². The Hall–Kier alpha value is -8.55. The molecule has 0 unspecified atom stereocenters. The minimum atomic E-state index is 0.552. The molecule has 0 saturated heterocycles. The average molecular weight is 793 g/mol. The van der Waals surface area contributed by atoms with E-state index in [1.54, 1.807) is 0 Å². The zero-order valence-corrected chi connectivity index (χ0v) is 33.1. The summed E-state index contributed by atoms with van der Waals surface area (Å²) in [6.45, 7) is 0. The van der Waals surface area contributed by atoms with Crippen LogP contribution in [0, 0.1) is 0 Å². The maximum atomic E-state index is 6.70. The van der Waals surface area contributed by atoms with Crippen LogP contribution in [0.3, 0.4) is 0 Å². The molecule has 0 aliphatic heterocycles. The number of rotatable bonds is 5. The van der Waals surface area contributed by atoms with Crippen LogP contribution in [0.2, 0.25) is 0 Å². The van der Waals surface area contributed by atoms with Crippen LogP contribution in [0.25, 0.3) is 128 Å². The van der Waals surface area contributed by atoms with Gasteiger partial charge in [0.25, 0.3) is 0 Å². The maximum Gasteiger partial charge on any atom is 0.235 e. The largest absolute Gasteiger partial charge is 0.456 e. The Morgan fingerprint density at radius 1 is 0.323 bits per heavy atom. The summed E-state index contributed by atoms with van der Waals surface area (Å²) >= 11 is 0. The summed E-state index contributed by atoms with van der Waals surface area (Å²) < 4.78 is 8.88. The van der Waals surface area contributed by atoms with Gasteiger partial charge in [-0.1, -0.05) is 158 Å². The Kier molecular flexibility index (Phi) is 7.47. The van der Waals surface area contributed by atoms with Gasteiger partial charge in [0.15, 0.2) is 17.5 Å². The van der Waals surface area contributed by atoms with E-state index in [0.717, 1.165) is 98.8 Å². The summed E-state index contributed by atoms with van der Waals surface area (Å²) in [5.74, 6) is 2.33. The lowest BCUT2D eigenvalue weighted by molar-refractivity contribution is 0.670. The molecular formula is C55H32N6O. The van der Waals surface area contributed by atoms with Gasteiger partial charge in [-0.25, -0.2) is 24.9 Å². The number of aromatic nitrogens is 6. The molecule has 62 heavy (non-hydrogen) atoms. The van der Waals surface area contributed by atoms with Crippen molar-refractivity contribution >= 4 is 76.2 Å². The predicted octanol–water partition coefficient (Wildman–Crippen LogP) is 13.8. The van der Waals surface area contributed by atoms with E-state index in [4.69, 9.17) is 29.3 Å². The summed E-state index contributed by atoms with van der Waals surface area (Å²) in [5.41, 5.74) is 8.90. The van der Waals surface area contributed by atoms with Crippen LogP contribution < -0.4 is 0 Å². The SMILES string of the molecule is c1ccc(-c2nc(-c3ccccc3)nc(-c3ccc4c5cc6c(cc5n(-c5nc(-c7ccccc7)c7ccc8ccccc8c7n5)c4c3)oc3cc4ccccc4cc36)n2)cc1. The molecule has 0 aliphatic rings. The lowest BCUT2D eigenvalue weighted by Crippen LogP contribution is -2.04. The molecule has 0 N–H and O–H groups in total. The molecular weight excluding hydrogens is 761 g/mol. The lowest BCUT2D eigenvalue weighted by Gasteiger charge is -2.13. The molecule has 0 saturated carbocycles. The molecule has 9 aromatic carbocycles. The average Bonchev–Trinajstić information content (AvgIpc) is 3.85. The van der Waals surface area contributed by atoms with Crippen molar-refractivity contribution in [3.8, 4) is 51.4 Å². The summed E-state index contributed by atoms with van der Waals surface area (Å²) in [4.78, 5) is 26.1. The molecule has 0 atom stereocenters. The fourth-order valence-electron chi connectivity index (χ4n) is 9.03. The molecule has 7 nitrogen and oxygen atoms in total. The summed E-state index contributed by atoms with van der Waals surface area (Å²) in [6.07, 6.45) is 0. The number of hydrogen-bond donors (Lipinski definition) is 0. The first-order valence-corrected chi connectivity index (χ1v) is 20.7. The van der Waals surface area contributed by atoms with E-state index in [1.807, 2.05) is 66.7 Å². The third kappa shape index (κ3) is 5.42. The number of benzene rings is 9. The van der Waals surface area contributed by atoms with Crippen molar-refractivity contribution in [2.75, 3.05) is 0 Å². The van der Waals surface area contributed by atoms with Gasteiger partial charge in [0.1, 0.15) is 11.2 Å². The van der Waals surface area contributed by atoms with Crippen molar-refractivity contribution in [1.29, 1.82) is 0 Å². The molecule has 0 fully saturated rings. The Labute approximate surface area is 354 Å². The Morgan fingerprint density at radius 2 is 0.871 bits per heavy atom. The molecule has 13 aromatic rings. The quantitative estimate of drug-likeness (QED) is 0.161. The van der Waals surface area contributed by atoms with Gasteiger partial charge in [-0.05, 0) is 46.5 Å². The zero-order chi connectivity index (χ0) is 40.7. The highest BCUT2D eigenvalue weighted by Crippen LogP contribution is 2.41. The fourth-order valence-corrected chi connectivity index (χ4v) is 9.03. The topological polar surface area (TPSA) is 82.5 Å². The molecule has 0 radical (unpaired) electrons. The molecule has 0 amide bonds. The highest BCUT2D eigenvalue weighted by atomic mass is 16.3. The third-order valence-electron chi connectivity index (χ3n) is 12.0. The van der Waals surface area contributed by atoms with Gasteiger partial charge in [0.2, 0.25) is 5.95 Å². The molecule has 0 bridgehead atoms. The predicted molar refractivity (Wildman–Crippen MR) is 251 cm³/mol. The van der Waals surface area contributed by atoms with Crippen molar-refractivity contribution in [2.24, 2.45) is 0 Å². The lowest BCUT2D eigenvalue weighted by atomic mass is 10.0. The molecule has 4 heterocycles. The third-order valence-corrected chi connectivity index (χ3v) is 12.0. The van der Waals surface area contributed by atoms with Gasteiger partial charge in [-0.2, -0.15) is 0 Å². The number of nitrogens with zero attached hydrogens (tertiary/aromatic N) is 6. The highest BCUT2D eigenvalue weighted by molar-refractivity contribution is 6.19. The highest BCUT2D eigenvalue weighted by Gasteiger charge is 2.22. The second-order valence-corrected chi connectivity index (χ2v) is 15.7. The second-order valence-electron chi connectivity index (χ2n) is 15.7. The fraction of sp³-hybridized carbons (Fsp3) is 0. The number of fused-ring (bicyclic) bond motifs is 10. The smallest absolute Gasteiger partial charge is 0.235 e. The monoisotopic (exact) mass is 792 g/mol. The van der Waals surface area contributed by atoms with Crippen molar-refractivity contribution in [1.82, 2.24) is 29.5 Å². The minimum Gasteiger partial charge on any atom is -0.456 e. The van der Waals surface area contributed by atoms with Gasteiger partial charge in [0, 0.05) is 60.6 Å². The van der Waals surface area contributed by atoms with Gasteiger partial charge >= 0.3 is 0 Å². The van der Waals surface area contributed by atoms with Crippen molar-refractivity contribution in [3.63, 3.8) is 0 Å². The van der Waals surface area contributed by atoms with Gasteiger partial charge in [0.05, 0.1) is 22.2 Å². The summed E-state index contributed by atoms with van der Waals surface area (Å²) in [7, 11) is 0.